The smallest absolute Gasteiger partial charge is 0.266 e. The molecular weight excluding hydrogens is 345 g/mol. The van der Waals surface area contributed by atoms with Gasteiger partial charge in [-0.1, -0.05) is 18.6 Å². The highest BCUT2D eigenvalue weighted by molar-refractivity contribution is 5.17. The molecule has 1 aromatic carbocycles. The van der Waals surface area contributed by atoms with Crippen LogP contribution in [0.15, 0.2) is 41.2 Å². The van der Waals surface area contributed by atoms with E-state index in [9.17, 15) is 14.3 Å². The van der Waals surface area contributed by atoms with E-state index in [1.54, 1.807) is 18.2 Å². The Kier molecular flexibility index (Phi) is 4.86. The lowest BCUT2D eigenvalue weighted by atomic mass is 9.75. The van der Waals surface area contributed by atoms with E-state index in [-0.39, 0.29) is 30.0 Å². The van der Waals surface area contributed by atoms with Gasteiger partial charge in [-0.2, -0.15) is 5.10 Å². The molecule has 0 amide bonds. The predicted octanol–water partition coefficient (Wildman–Crippen LogP) is 2.64. The van der Waals surface area contributed by atoms with Crippen molar-refractivity contribution in [1.29, 1.82) is 0 Å². The van der Waals surface area contributed by atoms with Crippen molar-refractivity contribution in [2.24, 2.45) is 0 Å². The highest BCUT2D eigenvalue weighted by atomic mass is 19.1. The van der Waals surface area contributed by atoms with Crippen molar-refractivity contribution in [2.45, 2.75) is 69.8 Å². The molecule has 2 saturated heterocycles. The molecule has 144 valence electrons. The first kappa shape index (κ1) is 18.3. The first-order valence-electron chi connectivity index (χ1n) is 9.69. The number of hydrogen-bond acceptors (Lipinski definition) is 4. The van der Waals surface area contributed by atoms with Gasteiger partial charge in [0.15, 0.2) is 0 Å². The maximum absolute atomic E-state index is 13.5. The van der Waals surface area contributed by atoms with Gasteiger partial charge in [0.25, 0.3) is 5.56 Å². The van der Waals surface area contributed by atoms with Gasteiger partial charge in [-0.3, -0.25) is 9.69 Å². The summed E-state index contributed by atoms with van der Waals surface area (Å²) in [5.41, 5.74) is 0.621. The highest BCUT2D eigenvalue weighted by Crippen LogP contribution is 2.40. The number of benzene rings is 1. The summed E-state index contributed by atoms with van der Waals surface area (Å²) in [5, 5.41) is 15.6. The molecule has 6 heteroatoms. The second-order valence-corrected chi connectivity index (χ2v) is 8.14. The van der Waals surface area contributed by atoms with Gasteiger partial charge in [-0.15, -0.1) is 0 Å². The first-order chi connectivity index (χ1) is 12.9. The van der Waals surface area contributed by atoms with Crippen LogP contribution in [0.4, 0.5) is 4.39 Å². The van der Waals surface area contributed by atoms with Gasteiger partial charge in [0.1, 0.15) is 5.82 Å². The van der Waals surface area contributed by atoms with E-state index in [2.05, 4.69) is 10.00 Å². The molecule has 2 aliphatic rings. The second kappa shape index (κ2) is 7.17. The van der Waals surface area contributed by atoms with Crippen molar-refractivity contribution in [2.75, 3.05) is 0 Å². The Labute approximate surface area is 158 Å². The Balaban J connectivity index is 1.53. The monoisotopic (exact) mass is 371 g/mol. The molecule has 2 unspecified atom stereocenters. The van der Waals surface area contributed by atoms with Gasteiger partial charge in [0.05, 0.1) is 17.8 Å². The van der Waals surface area contributed by atoms with Crippen LogP contribution >= 0.6 is 0 Å². The second-order valence-electron chi connectivity index (χ2n) is 8.14. The highest BCUT2D eigenvalue weighted by Gasteiger charge is 2.45. The Bertz CT molecular complexity index is 868. The molecule has 0 saturated carbocycles. The van der Waals surface area contributed by atoms with Crippen LogP contribution < -0.4 is 5.56 Å². The predicted molar refractivity (Wildman–Crippen MR) is 101 cm³/mol. The number of rotatable bonds is 4. The van der Waals surface area contributed by atoms with E-state index in [1.165, 1.54) is 16.8 Å². The lowest BCUT2D eigenvalue weighted by Gasteiger charge is -2.52. The summed E-state index contributed by atoms with van der Waals surface area (Å²) >= 11 is 0. The molecule has 0 radical (unpaired) electrons. The number of piperidine rings is 2. The van der Waals surface area contributed by atoms with Crippen molar-refractivity contribution in [3.63, 3.8) is 0 Å². The SMILES string of the molecule is Cc1ccc(=O)n(CC2(O)CC3CCCC(C2)N3Cc2cccc(F)c2)n1. The summed E-state index contributed by atoms with van der Waals surface area (Å²) in [6.45, 7) is 2.77. The van der Waals surface area contributed by atoms with Crippen LogP contribution in [0.3, 0.4) is 0 Å². The Morgan fingerprint density at radius 3 is 2.67 bits per heavy atom. The van der Waals surface area contributed by atoms with Crippen LogP contribution in [0.25, 0.3) is 0 Å². The zero-order valence-corrected chi connectivity index (χ0v) is 15.6. The van der Waals surface area contributed by atoms with Crippen LogP contribution in [-0.2, 0) is 13.1 Å². The van der Waals surface area contributed by atoms with Gasteiger partial charge in [0, 0.05) is 24.7 Å². The maximum Gasteiger partial charge on any atom is 0.266 e. The summed E-state index contributed by atoms with van der Waals surface area (Å²) in [6.07, 6.45) is 4.41. The molecule has 2 fully saturated rings. The van der Waals surface area contributed by atoms with Gasteiger partial charge in [-0.25, -0.2) is 9.07 Å². The average molecular weight is 371 g/mol. The topological polar surface area (TPSA) is 58.4 Å². The summed E-state index contributed by atoms with van der Waals surface area (Å²) in [6, 6.07) is 10.4. The van der Waals surface area contributed by atoms with Crippen LogP contribution in [0.1, 0.15) is 43.4 Å². The molecule has 2 atom stereocenters. The van der Waals surface area contributed by atoms with E-state index in [0.29, 0.717) is 19.4 Å². The van der Waals surface area contributed by atoms with E-state index >= 15 is 0 Å². The Morgan fingerprint density at radius 2 is 1.96 bits per heavy atom. The summed E-state index contributed by atoms with van der Waals surface area (Å²) in [5.74, 6) is -0.212. The minimum Gasteiger partial charge on any atom is -0.388 e. The standard InChI is InChI=1S/C21H26FN3O2/c1-15-8-9-20(26)25(23-15)14-21(27)11-18-6-3-7-19(12-21)24(18)13-16-4-2-5-17(22)10-16/h2,4-5,8-10,18-19,27H,3,6-7,11-14H2,1H3. The minimum atomic E-state index is -0.932. The largest absolute Gasteiger partial charge is 0.388 e. The summed E-state index contributed by atoms with van der Waals surface area (Å²) < 4.78 is 14.9. The molecule has 2 aromatic rings. The van der Waals surface area contributed by atoms with Gasteiger partial charge in [0.2, 0.25) is 0 Å². The maximum atomic E-state index is 13.5. The van der Waals surface area contributed by atoms with Crippen LogP contribution in [0, 0.1) is 12.7 Å². The Hall–Kier alpha value is -2.05. The molecule has 1 N–H and O–H groups in total. The third-order valence-corrected chi connectivity index (χ3v) is 5.94. The third kappa shape index (κ3) is 3.96. The van der Waals surface area contributed by atoms with Crippen LogP contribution in [0.2, 0.25) is 0 Å². The normalized spacial score (nSPS) is 28.3. The lowest BCUT2D eigenvalue weighted by Crippen LogP contribution is -2.59. The molecule has 2 aliphatic heterocycles. The van der Waals surface area contributed by atoms with Crippen molar-refractivity contribution >= 4 is 0 Å². The van der Waals surface area contributed by atoms with Crippen molar-refractivity contribution < 1.29 is 9.50 Å². The molecule has 1 aromatic heterocycles. The minimum absolute atomic E-state index is 0.179. The zero-order valence-electron chi connectivity index (χ0n) is 15.6. The number of aromatic nitrogens is 2. The van der Waals surface area contributed by atoms with E-state index in [4.69, 9.17) is 0 Å². The molecule has 0 aliphatic carbocycles. The number of nitrogens with zero attached hydrogens (tertiary/aromatic N) is 3. The van der Waals surface area contributed by atoms with E-state index in [1.807, 2.05) is 13.0 Å². The number of aliphatic hydroxyl groups is 1. The van der Waals surface area contributed by atoms with Gasteiger partial charge < -0.3 is 5.11 Å². The molecule has 27 heavy (non-hydrogen) atoms. The van der Waals surface area contributed by atoms with Crippen molar-refractivity contribution in [1.82, 2.24) is 14.7 Å². The molecule has 0 spiro atoms. The number of aryl methyl sites for hydroxylation is 1. The Morgan fingerprint density at radius 1 is 1.22 bits per heavy atom. The molecule has 2 bridgehead atoms. The van der Waals surface area contributed by atoms with E-state index < -0.39 is 5.60 Å². The number of hydrogen-bond donors (Lipinski definition) is 1. The van der Waals surface area contributed by atoms with Gasteiger partial charge >= 0.3 is 0 Å². The van der Waals surface area contributed by atoms with Crippen molar-refractivity contribution in [3.8, 4) is 0 Å². The van der Waals surface area contributed by atoms with Crippen LogP contribution in [0.5, 0.6) is 0 Å². The fourth-order valence-corrected chi connectivity index (χ4v) is 4.79. The lowest BCUT2D eigenvalue weighted by molar-refractivity contribution is -0.105. The fourth-order valence-electron chi connectivity index (χ4n) is 4.79. The summed E-state index contributed by atoms with van der Waals surface area (Å²) in [4.78, 5) is 14.5. The number of fused-ring (bicyclic) bond motifs is 2. The molecule has 5 nitrogen and oxygen atoms in total. The fraction of sp³-hybridized carbons (Fsp3) is 0.524. The molecule has 3 heterocycles. The van der Waals surface area contributed by atoms with Crippen LogP contribution in [-0.4, -0.2) is 37.5 Å². The molecule has 4 rings (SSSR count). The molecular formula is C21H26FN3O2. The summed E-state index contributed by atoms with van der Waals surface area (Å²) in [7, 11) is 0. The number of halogens is 1. The van der Waals surface area contributed by atoms with Gasteiger partial charge in [-0.05, 0) is 56.4 Å². The quantitative estimate of drug-likeness (QED) is 0.898. The third-order valence-electron chi connectivity index (χ3n) is 5.94. The van der Waals surface area contributed by atoms with Crippen molar-refractivity contribution in [3.05, 3.63) is 63.8 Å². The zero-order chi connectivity index (χ0) is 19.0. The first-order valence-corrected chi connectivity index (χ1v) is 9.69. The average Bonchev–Trinajstić information content (AvgIpc) is 2.59. The van der Waals surface area contributed by atoms with E-state index in [0.717, 1.165) is 30.5 Å².